The molecule has 0 saturated carbocycles. The predicted octanol–water partition coefficient (Wildman–Crippen LogP) is 1.24. The second-order valence-corrected chi connectivity index (χ2v) is 5.49. The highest BCUT2D eigenvalue weighted by Crippen LogP contribution is 2.30. The molecule has 110 valence electrons. The molecule has 1 N–H and O–H groups in total. The van der Waals surface area contributed by atoms with Gasteiger partial charge in [0.1, 0.15) is 6.33 Å². The van der Waals surface area contributed by atoms with E-state index in [1.807, 2.05) is 4.90 Å². The molecule has 2 aliphatic rings. The smallest absolute Gasteiger partial charge is 0.324 e. The molecule has 0 unspecified atom stereocenters. The molecule has 0 aromatic carbocycles. The molecule has 3 rings (SSSR count). The monoisotopic (exact) mass is 279 g/mol. The lowest BCUT2D eigenvalue weighted by Crippen LogP contribution is -2.44. The van der Waals surface area contributed by atoms with Gasteiger partial charge in [-0.25, -0.2) is 9.48 Å². The van der Waals surface area contributed by atoms with E-state index in [1.165, 1.54) is 6.33 Å². The van der Waals surface area contributed by atoms with Crippen molar-refractivity contribution in [2.24, 2.45) is 13.0 Å². The lowest BCUT2D eigenvalue weighted by molar-refractivity contribution is 0.0429. The Kier molecular flexibility index (Phi) is 3.86. The van der Waals surface area contributed by atoms with Gasteiger partial charge in [-0.15, -0.1) is 0 Å². The van der Waals surface area contributed by atoms with Crippen LogP contribution in [-0.2, 0) is 11.8 Å². The number of nitrogens with one attached hydrogen (secondary N) is 1. The van der Waals surface area contributed by atoms with Gasteiger partial charge in [-0.05, 0) is 31.6 Å². The van der Waals surface area contributed by atoms with Crippen LogP contribution in [-0.4, -0.2) is 51.5 Å². The van der Waals surface area contributed by atoms with Gasteiger partial charge in [0.05, 0.1) is 0 Å². The average molecular weight is 279 g/mol. The Hall–Kier alpha value is -1.63. The van der Waals surface area contributed by atoms with Crippen molar-refractivity contribution < 1.29 is 9.53 Å². The third-order valence-electron chi connectivity index (χ3n) is 4.30. The standard InChI is InChI=1S/C13H21N5O2/c1-17-12(14-9-15-17)16-13(19)18-6-2-3-11(18)10-4-7-20-8-5-10/h9-11H,2-8H2,1H3,(H,14,15,16,19)/t11-/m0/s1. The van der Waals surface area contributed by atoms with Crippen LogP contribution in [0.1, 0.15) is 25.7 Å². The summed E-state index contributed by atoms with van der Waals surface area (Å²) in [5.41, 5.74) is 0. The quantitative estimate of drug-likeness (QED) is 0.884. The van der Waals surface area contributed by atoms with Crippen molar-refractivity contribution in [1.29, 1.82) is 0 Å². The zero-order valence-corrected chi connectivity index (χ0v) is 11.8. The number of rotatable bonds is 2. The van der Waals surface area contributed by atoms with Gasteiger partial charge in [0, 0.05) is 32.8 Å². The molecule has 2 amide bonds. The number of aromatic nitrogens is 3. The number of likely N-dealkylation sites (tertiary alicyclic amines) is 1. The van der Waals surface area contributed by atoms with Crippen LogP contribution in [0.25, 0.3) is 0 Å². The van der Waals surface area contributed by atoms with Crippen LogP contribution in [0.15, 0.2) is 6.33 Å². The third kappa shape index (κ3) is 2.63. The van der Waals surface area contributed by atoms with Gasteiger partial charge in [0.25, 0.3) is 0 Å². The maximum atomic E-state index is 12.4. The first-order chi connectivity index (χ1) is 9.75. The van der Waals surface area contributed by atoms with Gasteiger partial charge in [-0.2, -0.15) is 10.1 Å². The SMILES string of the molecule is Cn1ncnc1NC(=O)N1CCC[C@H]1C1CCOCC1. The summed E-state index contributed by atoms with van der Waals surface area (Å²) in [6.45, 7) is 2.46. The van der Waals surface area contributed by atoms with Crippen LogP contribution < -0.4 is 5.32 Å². The first-order valence-electron chi connectivity index (χ1n) is 7.25. The number of amides is 2. The Morgan fingerprint density at radius 2 is 2.20 bits per heavy atom. The number of aryl methyl sites for hydroxylation is 1. The second-order valence-electron chi connectivity index (χ2n) is 5.49. The molecule has 2 aliphatic heterocycles. The van der Waals surface area contributed by atoms with E-state index < -0.39 is 0 Å². The molecule has 0 radical (unpaired) electrons. The van der Waals surface area contributed by atoms with E-state index in [9.17, 15) is 4.79 Å². The van der Waals surface area contributed by atoms with Crippen LogP contribution >= 0.6 is 0 Å². The molecular formula is C13H21N5O2. The number of anilines is 1. The first-order valence-corrected chi connectivity index (χ1v) is 7.25. The van der Waals surface area contributed by atoms with Crippen molar-refractivity contribution >= 4 is 12.0 Å². The van der Waals surface area contributed by atoms with E-state index in [2.05, 4.69) is 15.4 Å². The summed E-state index contributed by atoms with van der Waals surface area (Å²) >= 11 is 0. The summed E-state index contributed by atoms with van der Waals surface area (Å²) in [6.07, 6.45) is 5.72. The van der Waals surface area contributed by atoms with Crippen LogP contribution in [0.2, 0.25) is 0 Å². The number of ether oxygens (including phenoxy) is 1. The molecule has 2 fully saturated rings. The van der Waals surface area contributed by atoms with E-state index in [0.717, 1.165) is 45.4 Å². The highest BCUT2D eigenvalue weighted by atomic mass is 16.5. The fourth-order valence-corrected chi connectivity index (χ4v) is 3.21. The summed E-state index contributed by atoms with van der Waals surface area (Å²) in [7, 11) is 1.77. The Balaban J connectivity index is 1.65. The highest BCUT2D eigenvalue weighted by molar-refractivity contribution is 5.87. The maximum absolute atomic E-state index is 12.4. The van der Waals surface area contributed by atoms with Crippen molar-refractivity contribution in [3.05, 3.63) is 6.33 Å². The molecule has 7 nitrogen and oxygen atoms in total. The number of urea groups is 1. The predicted molar refractivity (Wildman–Crippen MR) is 73.3 cm³/mol. The Morgan fingerprint density at radius 3 is 2.90 bits per heavy atom. The summed E-state index contributed by atoms with van der Waals surface area (Å²) in [4.78, 5) is 18.4. The van der Waals surface area contributed by atoms with Crippen molar-refractivity contribution in [2.45, 2.75) is 31.7 Å². The molecule has 20 heavy (non-hydrogen) atoms. The normalized spacial score (nSPS) is 24.1. The summed E-state index contributed by atoms with van der Waals surface area (Å²) in [5, 5.41) is 6.81. The third-order valence-corrected chi connectivity index (χ3v) is 4.30. The molecule has 0 aliphatic carbocycles. The zero-order chi connectivity index (χ0) is 13.9. The van der Waals surface area contributed by atoms with E-state index in [1.54, 1.807) is 11.7 Å². The van der Waals surface area contributed by atoms with E-state index in [4.69, 9.17) is 4.74 Å². The van der Waals surface area contributed by atoms with Crippen LogP contribution in [0.5, 0.6) is 0 Å². The maximum Gasteiger partial charge on any atom is 0.324 e. The highest BCUT2D eigenvalue weighted by Gasteiger charge is 2.35. The Labute approximate surface area is 118 Å². The zero-order valence-electron chi connectivity index (χ0n) is 11.8. The molecule has 7 heteroatoms. The Bertz CT molecular complexity index is 469. The molecule has 2 saturated heterocycles. The average Bonchev–Trinajstić information content (AvgIpc) is 3.09. The lowest BCUT2D eigenvalue weighted by Gasteiger charge is -2.33. The number of hydrogen-bond acceptors (Lipinski definition) is 4. The molecule has 3 heterocycles. The van der Waals surface area contributed by atoms with Crippen molar-refractivity contribution in [3.63, 3.8) is 0 Å². The van der Waals surface area contributed by atoms with Crippen LogP contribution in [0.4, 0.5) is 10.7 Å². The van der Waals surface area contributed by atoms with Gasteiger partial charge >= 0.3 is 6.03 Å². The lowest BCUT2D eigenvalue weighted by atomic mass is 9.90. The van der Waals surface area contributed by atoms with Gasteiger partial charge < -0.3 is 9.64 Å². The fourth-order valence-electron chi connectivity index (χ4n) is 3.21. The fraction of sp³-hybridized carbons (Fsp3) is 0.769. The van der Waals surface area contributed by atoms with Crippen molar-refractivity contribution in [3.8, 4) is 0 Å². The molecule has 1 aromatic rings. The molecule has 1 atom stereocenters. The second kappa shape index (κ2) is 5.78. The van der Waals surface area contributed by atoms with Gasteiger partial charge in [-0.3, -0.25) is 5.32 Å². The number of carbonyl (C=O) groups is 1. The minimum atomic E-state index is -0.0601. The minimum Gasteiger partial charge on any atom is -0.381 e. The summed E-state index contributed by atoms with van der Waals surface area (Å²) < 4.78 is 6.98. The van der Waals surface area contributed by atoms with E-state index in [-0.39, 0.29) is 6.03 Å². The minimum absolute atomic E-state index is 0.0601. The van der Waals surface area contributed by atoms with Crippen LogP contribution in [0.3, 0.4) is 0 Å². The van der Waals surface area contributed by atoms with Crippen molar-refractivity contribution in [2.75, 3.05) is 25.1 Å². The summed E-state index contributed by atoms with van der Waals surface area (Å²) in [5.74, 6) is 1.06. The van der Waals surface area contributed by atoms with Gasteiger partial charge in [0.2, 0.25) is 5.95 Å². The van der Waals surface area contributed by atoms with Gasteiger partial charge in [-0.1, -0.05) is 0 Å². The molecule has 1 aromatic heterocycles. The van der Waals surface area contributed by atoms with Crippen LogP contribution in [0, 0.1) is 5.92 Å². The number of hydrogen-bond donors (Lipinski definition) is 1. The first kappa shape index (κ1) is 13.4. The van der Waals surface area contributed by atoms with E-state index >= 15 is 0 Å². The molecular weight excluding hydrogens is 258 g/mol. The number of carbonyl (C=O) groups excluding carboxylic acids is 1. The molecule has 0 bridgehead atoms. The largest absolute Gasteiger partial charge is 0.381 e. The molecule has 0 spiro atoms. The van der Waals surface area contributed by atoms with Crippen molar-refractivity contribution in [1.82, 2.24) is 19.7 Å². The van der Waals surface area contributed by atoms with Gasteiger partial charge in [0.15, 0.2) is 0 Å². The number of nitrogens with zero attached hydrogens (tertiary/aromatic N) is 4. The van der Waals surface area contributed by atoms with E-state index in [0.29, 0.717) is 17.9 Å². The Morgan fingerprint density at radius 1 is 1.40 bits per heavy atom. The summed E-state index contributed by atoms with van der Waals surface area (Å²) in [6, 6.07) is 0.280. The topological polar surface area (TPSA) is 72.3 Å².